The third kappa shape index (κ3) is 3.63. The van der Waals surface area contributed by atoms with E-state index in [2.05, 4.69) is 4.98 Å². The van der Waals surface area contributed by atoms with E-state index in [9.17, 15) is 18.0 Å². The van der Waals surface area contributed by atoms with Crippen LogP contribution in [-0.2, 0) is 10.0 Å². The number of hydrogen-bond acceptors (Lipinski definition) is 6. The number of ketones is 1. The van der Waals surface area contributed by atoms with Crippen molar-refractivity contribution in [3.8, 4) is 0 Å². The Labute approximate surface area is 150 Å². The van der Waals surface area contributed by atoms with Crippen molar-refractivity contribution < 1.29 is 18.0 Å². The summed E-state index contributed by atoms with van der Waals surface area (Å²) in [5, 5.41) is 1.68. The van der Waals surface area contributed by atoms with E-state index < -0.39 is 10.0 Å². The zero-order valence-corrected chi connectivity index (χ0v) is 15.2. The maximum absolute atomic E-state index is 12.7. The number of carbonyl (C=O) groups is 2. The summed E-state index contributed by atoms with van der Waals surface area (Å²) in [6.07, 6.45) is 0. The van der Waals surface area contributed by atoms with Gasteiger partial charge >= 0.3 is 0 Å². The van der Waals surface area contributed by atoms with Crippen LogP contribution in [0.15, 0.2) is 40.1 Å². The number of sulfonamides is 1. The van der Waals surface area contributed by atoms with Crippen LogP contribution in [0.3, 0.4) is 0 Å². The van der Waals surface area contributed by atoms with Crippen LogP contribution in [0.2, 0.25) is 0 Å². The number of thiazole rings is 1. The predicted octanol–water partition coefficient (Wildman–Crippen LogP) is 1.49. The van der Waals surface area contributed by atoms with Gasteiger partial charge < -0.3 is 4.90 Å². The van der Waals surface area contributed by atoms with Crippen molar-refractivity contribution in [1.29, 1.82) is 0 Å². The number of rotatable bonds is 4. The van der Waals surface area contributed by atoms with Crippen LogP contribution in [0.4, 0.5) is 0 Å². The van der Waals surface area contributed by atoms with Crippen molar-refractivity contribution in [1.82, 2.24) is 14.2 Å². The minimum Gasteiger partial charge on any atom is -0.335 e. The molecule has 9 heteroatoms. The van der Waals surface area contributed by atoms with Gasteiger partial charge in [-0.3, -0.25) is 9.59 Å². The minimum absolute atomic E-state index is 0.113. The summed E-state index contributed by atoms with van der Waals surface area (Å²) in [5.74, 6) is -0.290. The number of Topliss-reactive ketones (excluding diaryl/α,β-unsaturated/α-hetero) is 1. The van der Waals surface area contributed by atoms with Crippen molar-refractivity contribution in [2.75, 3.05) is 26.2 Å². The van der Waals surface area contributed by atoms with Crippen molar-refractivity contribution in [3.63, 3.8) is 0 Å². The molecule has 0 atom stereocenters. The molecular formula is C16H17N3O4S2. The first-order valence-electron chi connectivity index (χ1n) is 7.68. The zero-order chi connectivity index (χ0) is 18.0. The van der Waals surface area contributed by atoms with Crippen LogP contribution in [0.25, 0.3) is 0 Å². The Morgan fingerprint density at radius 3 is 2.24 bits per heavy atom. The Hall–Kier alpha value is -2.10. The van der Waals surface area contributed by atoms with Crippen LogP contribution in [-0.4, -0.2) is 60.5 Å². The van der Waals surface area contributed by atoms with Crippen molar-refractivity contribution in [3.05, 3.63) is 46.4 Å². The molecule has 0 spiro atoms. The number of hydrogen-bond donors (Lipinski definition) is 0. The Bertz CT molecular complexity index is 869. The largest absolute Gasteiger partial charge is 0.335 e. The van der Waals surface area contributed by atoms with Gasteiger partial charge in [0.05, 0.1) is 10.4 Å². The predicted molar refractivity (Wildman–Crippen MR) is 93.2 cm³/mol. The summed E-state index contributed by atoms with van der Waals surface area (Å²) in [6, 6.07) is 5.91. The lowest BCUT2D eigenvalue weighted by atomic mass is 10.2. The molecule has 25 heavy (non-hydrogen) atoms. The first-order valence-corrected chi connectivity index (χ1v) is 10.1. The summed E-state index contributed by atoms with van der Waals surface area (Å²) < 4.78 is 26.8. The Morgan fingerprint density at radius 1 is 1.08 bits per heavy atom. The fourth-order valence-electron chi connectivity index (χ4n) is 2.62. The van der Waals surface area contributed by atoms with E-state index >= 15 is 0 Å². The molecule has 1 saturated heterocycles. The second-order valence-electron chi connectivity index (χ2n) is 5.65. The van der Waals surface area contributed by atoms with Gasteiger partial charge in [-0.25, -0.2) is 13.4 Å². The minimum atomic E-state index is -3.64. The average Bonchev–Trinajstić information content (AvgIpc) is 3.16. The molecule has 0 saturated carbocycles. The lowest BCUT2D eigenvalue weighted by molar-refractivity contribution is 0.0692. The maximum Gasteiger partial charge on any atom is 0.273 e. The van der Waals surface area contributed by atoms with Gasteiger partial charge in [-0.1, -0.05) is 12.1 Å². The molecule has 2 heterocycles. The van der Waals surface area contributed by atoms with Gasteiger partial charge in [-0.2, -0.15) is 4.31 Å². The fraction of sp³-hybridized carbons (Fsp3) is 0.312. The fourth-order valence-corrected chi connectivity index (χ4v) is 4.57. The third-order valence-electron chi connectivity index (χ3n) is 4.08. The number of benzene rings is 1. The van der Waals surface area contributed by atoms with Crippen molar-refractivity contribution >= 4 is 33.1 Å². The topological polar surface area (TPSA) is 87.7 Å². The molecule has 1 amide bonds. The molecule has 2 aromatic rings. The molecule has 0 N–H and O–H groups in total. The highest BCUT2D eigenvalue weighted by molar-refractivity contribution is 7.89. The second-order valence-corrected chi connectivity index (χ2v) is 8.31. The molecule has 0 aliphatic carbocycles. The van der Waals surface area contributed by atoms with E-state index in [4.69, 9.17) is 0 Å². The smallest absolute Gasteiger partial charge is 0.273 e. The Balaban J connectivity index is 1.69. The van der Waals surface area contributed by atoms with E-state index in [0.717, 1.165) is 0 Å². The Kier molecular flexibility index (Phi) is 4.98. The molecule has 3 rings (SSSR count). The summed E-state index contributed by atoms with van der Waals surface area (Å²) in [5.41, 5.74) is 2.46. The quantitative estimate of drug-likeness (QED) is 0.751. The molecule has 7 nitrogen and oxygen atoms in total. The molecule has 1 aromatic carbocycles. The molecular weight excluding hydrogens is 362 g/mol. The number of amides is 1. The Morgan fingerprint density at radius 2 is 1.72 bits per heavy atom. The number of aromatic nitrogens is 1. The van der Waals surface area contributed by atoms with Gasteiger partial charge in [-0.15, -0.1) is 11.3 Å². The lowest BCUT2D eigenvalue weighted by Gasteiger charge is -2.33. The first-order chi connectivity index (χ1) is 11.9. The van der Waals surface area contributed by atoms with Crippen molar-refractivity contribution in [2.24, 2.45) is 0 Å². The highest BCUT2D eigenvalue weighted by Crippen LogP contribution is 2.19. The third-order valence-corrected chi connectivity index (χ3v) is 6.58. The van der Waals surface area contributed by atoms with Crippen LogP contribution >= 0.6 is 11.3 Å². The summed E-state index contributed by atoms with van der Waals surface area (Å²) in [6.45, 7) is 2.53. The maximum atomic E-state index is 12.7. The summed E-state index contributed by atoms with van der Waals surface area (Å²) in [7, 11) is -3.64. The molecule has 1 aliphatic heterocycles. The van der Waals surface area contributed by atoms with E-state index in [1.165, 1.54) is 46.8 Å². The SMILES string of the molecule is CC(=O)c1ccc(S(=O)(=O)N2CCN(C(=O)c3cscn3)CC2)cc1. The lowest BCUT2D eigenvalue weighted by Crippen LogP contribution is -2.50. The van der Waals surface area contributed by atoms with Gasteiger partial charge in [0.25, 0.3) is 5.91 Å². The monoisotopic (exact) mass is 379 g/mol. The van der Waals surface area contributed by atoms with Gasteiger partial charge in [0.15, 0.2) is 5.78 Å². The molecule has 132 valence electrons. The van der Waals surface area contributed by atoms with E-state index in [1.54, 1.807) is 15.8 Å². The molecule has 0 radical (unpaired) electrons. The molecule has 1 fully saturated rings. The molecule has 0 bridgehead atoms. The first kappa shape index (κ1) is 17.7. The molecule has 1 aromatic heterocycles. The normalized spacial score (nSPS) is 16.0. The van der Waals surface area contributed by atoms with Gasteiger partial charge in [0.1, 0.15) is 5.69 Å². The average molecular weight is 379 g/mol. The van der Waals surface area contributed by atoms with E-state index in [0.29, 0.717) is 24.3 Å². The van der Waals surface area contributed by atoms with E-state index in [1.807, 2.05) is 0 Å². The standard InChI is InChI=1S/C16H17N3O4S2/c1-12(20)13-2-4-14(5-3-13)25(22,23)19-8-6-18(7-9-19)16(21)15-10-24-11-17-15/h2-5,10-11H,6-9H2,1H3. The van der Waals surface area contributed by atoms with Crippen LogP contribution < -0.4 is 0 Å². The number of nitrogens with zero attached hydrogens (tertiary/aromatic N) is 3. The van der Waals surface area contributed by atoms with Crippen molar-refractivity contribution in [2.45, 2.75) is 11.8 Å². The second kappa shape index (κ2) is 7.03. The van der Waals surface area contributed by atoms with Gasteiger partial charge in [0.2, 0.25) is 10.0 Å². The summed E-state index contributed by atoms with van der Waals surface area (Å²) >= 11 is 1.35. The number of carbonyl (C=O) groups excluding carboxylic acids is 2. The molecule has 1 aliphatic rings. The van der Waals surface area contributed by atoms with Gasteiger partial charge in [0, 0.05) is 37.1 Å². The van der Waals surface area contributed by atoms with Crippen LogP contribution in [0, 0.1) is 0 Å². The van der Waals surface area contributed by atoms with Crippen LogP contribution in [0.5, 0.6) is 0 Å². The summed E-state index contributed by atoms with van der Waals surface area (Å²) in [4.78, 5) is 29.3. The van der Waals surface area contributed by atoms with Crippen LogP contribution in [0.1, 0.15) is 27.8 Å². The van der Waals surface area contributed by atoms with Gasteiger partial charge in [-0.05, 0) is 19.1 Å². The molecule has 0 unspecified atom stereocenters. The highest BCUT2D eigenvalue weighted by atomic mass is 32.2. The highest BCUT2D eigenvalue weighted by Gasteiger charge is 2.30. The zero-order valence-electron chi connectivity index (χ0n) is 13.6. The number of piperazine rings is 1. The van der Waals surface area contributed by atoms with E-state index in [-0.39, 0.29) is 29.7 Å².